The van der Waals surface area contributed by atoms with Gasteiger partial charge in [0.05, 0.1) is 13.3 Å². The molecule has 0 spiro atoms. The van der Waals surface area contributed by atoms with Crippen LogP contribution in [0.25, 0.3) is 11.1 Å². The summed E-state index contributed by atoms with van der Waals surface area (Å²) in [6.45, 7) is 5.13. The van der Waals surface area contributed by atoms with E-state index >= 15 is 0 Å². The van der Waals surface area contributed by atoms with Gasteiger partial charge in [0.25, 0.3) is 0 Å². The third-order valence-corrected chi connectivity index (χ3v) is 3.44. The Balaban J connectivity index is 2.43. The first kappa shape index (κ1) is 15.4. The Morgan fingerprint density at radius 3 is 2.81 bits per heavy atom. The molecule has 0 aliphatic carbocycles. The van der Waals surface area contributed by atoms with Crippen molar-refractivity contribution in [2.75, 3.05) is 13.7 Å². The summed E-state index contributed by atoms with van der Waals surface area (Å²) < 4.78 is 18.9. The van der Waals surface area contributed by atoms with Gasteiger partial charge in [-0.25, -0.2) is 4.39 Å². The highest BCUT2D eigenvalue weighted by Crippen LogP contribution is 2.30. The zero-order chi connectivity index (χ0) is 15.2. The van der Waals surface area contributed by atoms with E-state index in [1.54, 1.807) is 25.6 Å². The van der Waals surface area contributed by atoms with Gasteiger partial charge in [0.2, 0.25) is 0 Å². The van der Waals surface area contributed by atoms with E-state index in [-0.39, 0.29) is 11.9 Å². The molecule has 1 N–H and O–H groups in total. The van der Waals surface area contributed by atoms with E-state index in [0.29, 0.717) is 5.75 Å². The lowest BCUT2D eigenvalue weighted by Gasteiger charge is -2.18. The van der Waals surface area contributed by atoms with Crippen molar-refractivity contribution < 1.29 is 9.13 Å². The normalized spacial score (nSPS) is 12.2. The average molecular weight is 288 g/mol. The quantitative estimate of drug-likeness (QED) is 0.873. The first-order valence-electron chi connectivity index (χ1n) is 7.18. The average Bonchev–Trinajstić information content (AvgIpc) is 2.52. The van der Waals surface area contributed by atoms with Gasteiger partial charge in [-0.1, -0.05) is 13.0 Å². The van der Waals surface area contributed by atoms with Gasteiger partial charge in [0, 0.05) is 17.8 Å². The third-order valence-electron chi connectivity index (χ3n) is 3.44. The second kappa shape index (κ2) is 7.18. The number of hydrogen-bond acceptors (Lipinski definition) is 3. The van der Waals surface area contributed by atoms with E-state index in [0.717, 1.165) is 29.7 Å². The molecular weight excluding hydrogens is 267 g/mol. The summed E-state index contributed by atoms with van der Waals surface area (Å²) in [5.41, 5.74) is 2.76. The molecule has 0 fully saturated rings. The van der Waals surface area contributed by atoms with Crippen LogP contribution in [0.1, 0.15) is 31.9 Å². The largest absolute Gasteiger partial charge is 0.495 e. The second-order valence-electron chi connectivity index (χ2n) is 5.02. The van der Waals surface area contributed by atoms with Gasteiger partial charge in [-0.2, -0.15) is 0 Å². The van der Waals surface area contributed by atoms with Crippen LogP contribution >= 0.6 is 0 Å². The van der Waals surface area contributed by atoms with Crippen molar-refractivity contribution >= 4 is 0 Å². The van der Waals surface area contributed by atoms with Crippen molar-refractivity contribution in [3.05, 3.63) is 48.0 Å². The van der Waals surface area contributed by atoms with E-state index in [2.05, 4.69) is 24.1 Å². The predicted octanol–water partition coefficient (Wildman–Crippen LogP) is 3.96. The molecule has 0 aliphatic heterocycles. The highest BCUT2D eigenvalue weighted by Gasteiger charge is 2.13. The first-order valence-corrected chi connectivity index (χ1v) is 7.18. The number of rotatable bonds is 6. The number of pyridine rings is 1. The Morgan fingerprint density at radius 2 is 2.10 bits per heavy atom. The molecule has 0 bridgehead atoms. The third kappa shape index (κ3) is 3.79. The number of halogens is 1. The molecule has 0 aliphatic rings. The minimum atomic E-state index is -0.251. The van der Waals surface area contributed by atoms with Crippen molar-refractivity contribution in [3.8, 4) is 16.9 Å². The second-order valence-corrected chi connectivity index (χ2v) is 5.02. The van der Waals surface area contributed by atoms with Gasteiger partial charge in [-0.05, 0) is 49.2 Å². The van der Waals surface area contributed by atoms with Gasteiger partial charge >= 0.3 is 0 Å². The number of ether oxygens (including phenoxy) is 1. The molecule has 1 atom stereocenters. The van der Waals surface area contributed by atoms with Gasteiger partial charge in [-0.15, -0.1) is 0 Å². The maximum atomic E-state index is 13.7. The van der Waals surface area contributed by atoms with E-state index in [4.69, 9.17) is 4.74 Å². The van der Waals surface area contributed by atoms with E-state index in [1.165, 1.54) is 6.07 Å². The summed E-state index contributed by atoms with van der Waals surface area (Å²) in [4.78, 5) is 4.16. The minimum absolute atomic E-state index is 0.145. The fourth-order valence-corrected chi connectivity index (χ4v) is 2.30. The molecule has 21 heavy (non-hydrogen) atoms. The topological polar surface area (TPSA) is 34.2 Å². The smallest absolute Gasteiger partial charge is 0.137 e. The molecule has 2 rings (SSSR count). The number of nitrogens with one attached hydrogen (secondary N) is 1. The molecule has 1 unspecified atom stereocenters. The van der Waals surface area contributed by atoms with Crippen LogP contribution in [0.2, 0.25) is 0 Å². The van der Waals surface area contributed by atoms with Crippen LogP contribution in [0.3, 0.4) is 0 Å². The summed E-state index contributed by atoms with van der Waals surface area (Å²) in [5.74, 6) is 0.413. The van der Waals surface area contributed by atoms with E-state index in [9.17, 15) is 4.39 Å². The lowest BCUT2D eigenvalue weighted by molar-refractivity contribution is 0.413. The Morgan fingerprint density at radius 1 is 1.29 bits per heavy atom. The van der Waals surface area contributed by atoms with Crippen LogP contribution in [0, 0.1) is 5.82 Å². The molecule has 112 valence electrons. The van der Waals surface area contributed by atoms with Crippen molar-refractivity contribution in [3.63, 3.8) is 0 Å². The minimum Gasteiger partial charge on any atom is -0.495 e. The summed E-state index contributed by atoms with van der Waals surface area (Å²) in [5, 5.41) is 3.43. The SMILES string of the molecule is CCCNC(C)c1ccc(F)cc1-c1cncc(OC)c1. The fourth-order valence-electron chi connectivity index (χ4n) is 2.30. The van der Waals surface area contributed by atoms with Crippen molar-refractivity contribution in [2.24, 2.45) is 0 Å². The summed E-state index contributed by atoms with van der Waals surface area (Å²) in [6, 6.07) is 6.90. The summed E-state index contributed by atoms with van der Waals surface area (Å²) >= 11 is 0. The zero-order valence-electron chi connectivity index (χ0n) is 12.7. The molecule has 2 aromatic rings. The number of methoxy groups -OCH3 is 1. The number of nitrogens with zero attached hydrogens (tertiary/aromatic N) is 1. The van der Waals surface area contributed by atoms with Crippen molar-refractivity contribution in [1.82, 2.24) is 10.3 Å². The van der Waals surface area contributed by atoms with Gasteiger partial charge in [0.15, 0.2) is 0 Å². The lowest BCUT2D eigenvalue weighted by atomic mass is 9.96. The molecule has 0 saturated heterocycles. The highest BCUT2D eigenvalue weighted by atomic mass is 19.1. The Kier molecular flexibility index (Phi) is 5.28. The van der Waals surface area contributed by atoms with E-state index in [1.807, 2.05) is 12.1 Å². The maximum Gasteiger partial charge on any atom is 0.137 e. The number of aromatic nitrogens is 1. The van der Waals surface area contributed by atoms with Crippen LogP contribution in [0.15, 0.2) is 36.7 Å². The Hall–Kier alpha value is -1.94. The monoisotopic (exact) mass is 288 g/mol. The molecule has 0 amide bonds. The summed E-state index contributed by atoms with van der Waals surface area (Å²) in [7, 11) is 1.60. The molecule has 4 heteroatoms. The van der Waals surface area contributed by atoms with Crippen LogP contribution in [0.5, 0.6) is 5.75 Å². The maximum absolute atomic E-state index is 13.7. The van der Waals surface area contributed by atoms with Gasteiger partial charge in [-0.3, -0.25) is 4.98 Å². The lowest BCUT2D eigenvalue weighted by Crippen LogP contribution is -2.20. The predicted molar refractivity (Wildman–Crippen MR) is 82.9 cm³/mol. The number of benzene rings is 1. The van der Waals surface area contributed by atoms with Crippen LogP contribution in [-0.4, -0.2) is 18.6 Å². The molecule has 1 aromatic carbocycles. The van der Waals surface area contributed by atoms with Crippen LogP contribution in [0.4, 0.5) is 4.39 Å². The van der Waals surface area contributed by atoms with Crippen molar-refractivity contribution in [2.45, 2.75) is 26.3 Å². The molecule has 0 radical (unpaired) electrons. The number of hydrogen-bond donors (Lipinski definition) is 1. The van der Waals surface area contributed by atoms with Crippen LogP contribution in [-0.2, 0) is 0 Å². The first-order chi connectivity index (χ1) is 10.2. The Labute approximate surface area is 125 Å². The van der Waals surface area contributed by atoms with Gasteiger partial charge in [0.1, 0.15) is 11.6 Å². The van der Waals surface area contributed by atoms with Gasteiger partial charge < -0.3 is 10.1 Å². The zero-order valence-corrected chi connectivity index (χ0v) is 12.7. The highest BCUT2D eigenvalue weighted by molar-refractivity contribution is 5.68. The molecular formula is C17H21FN2O. The fraction of sp³-hybridized carbons (Fsp3) is 0.353. The molecule has 1 aromatic heterocycles. The molecule has 3 nitrogen and oxygen atoms in total. The molecule has 0 saturated carbocycles. The molecule has 1 heterocycles. The van der Waals surface area contributed by atoms with E-state index < -0.39 is 0 Å². The summed E-state index contributed by atoms with van der Waals surface area (Å²) in [6.07, 6.45) is 4.43. The van der Waals surface area contributed by atoms with Crippen molar-refractivity contribution in [1.29, 1.82) is 0 Å². The standard InChI is InChI=1S/C17H21FN2O/c1-4-7-20-12(2)16-6-5-14(18)9-17(16)13-8-15(21-3)11-19-10-13/h5-6,8-12,20H,4,7H2,1-3H3. The van der Waals surface area contributed by atoms with Crippen LogP contribution < -0.4 is 10.1 Å². The Bertz CT molecular complexity index is 601.